The molecule has 2 aliphatic rings. The number of hydrogen-bond acceptors (Lipinski definition) is 6. The Morgan fingerprint density at radius 2 is 1.94 bits per heavy atom. The average Bonchev–Trinajstić information content (AvgIpc) is 3.34. The van der Waals surface area contributed by atoms with Gasteiger partial charge in [0, 0.05) is 10.9 Å². The van der Waals surface area contributed by atoms with Crippen LogP contribution in [0.4, 0.5) is 9.18 Å². The summed E-state index contributed by atoms with van der Waals surface area (Å²) in [5, 5.41) is 5.52. The van der Waals surface area contributed by atoms with Crippen molar-refractivity contribution in [2.24, 2.45) is 5.92 Å². The minimum Gasteiger partial charge on any atom is -0.322 e. The van der Waals surface area contributed by atoms with Gasteiger partial charge in [-0.25, -0.2) is 14.2 Å². The highest BCUT2D eigenvalue weighted by atomic mass is 32.1. The van der Waals surface area contributed by atoms with Crippen LogP contribution < -0.4 is 16.3 Å². The molecule has 0 unspecified atom stereocenters. The summed E-state index contributed by atoms with van der Waals surface area (Å²) in [6.45, 7) is 1.67. The standard InChI is InChI=1S/C23H22FN5O4S/c1-13-6-8-23(9-7-13)21(32)29(22(33)26-23)27-17(30)10-28-12-25-19-18(20(28)31)16(11-34-19)14-2-4-15(24)5-3-14/h2-5,11-13H,6-10H2,1H3,(H,26,33)(H,27,30). The first-order valence-corrected chi connectivity index (χ1v) is 11.8. The molecule has 1 spiro atoms. The monoisotopic (exact) mass is 483 g/mol. The van der Waals surface area contributed by atoms with Crippen LogP contribution in [0.25, 0.3) is 21.3 Å². The molecule has 0 radical (unpaired) electrons. The van der Waals surface area contributed by atoms with E-state index in [-0.39, 0.29) is 5.82 Å². The number of amides is 4. The zero-order chi connectivity index (χ0) is 24.0. The van der Waals surface area contributed by atoms with E-state index < -0.39 is 35.5 Å². The Labute approximate surface area is 197 Å². The van der Waals surface area contributed by atoms with Crippen molar-refractivity contribution in [2.75, 3.05) is 0 Å². The van der Waals surface area contributed by atoms with Gasteiger partial charge in [-0.1, -0.05) is 19.1 Å². The van der Waals surface area contributed by atoms with Crippen LogP contribution in [0, 0.1) is 11.7 Å². The number of fused-ring (bicyclic) bond motifs is 1. The quantitative estimate of drug-likeness (QED) is 0.554. The lowest BCUT2D eigenvalue weighted by atomic mass is 9.77. The lowest BCUT2D eigenvalue weighted by Crippen LogP contribution is -2.52. The van der Waals surface area contributed by atoms with E-state index in [1.165, 1.54) is 29.8 Å². The molecule has 11 heteroatoms. The number of aromatic nitrogens is 2. The van der Waals surface area contributed by atoms with Crippen LogP contribution in [-0.2, 0) is 16.1 Å². The number of carbonyl (C=O) groups excluding carboxylic acids is 3. The van der Waals surface area contributed by atoms with E-state index in [0.29, 0.717) is 45.1 Å². The van der Waals surface area contributed by atoms with Crippen LogP contribution in [0.1, 0.15) is 32.6 Å². The Bertz CT molecular complexity index is 1360. The molecule has 176 valence electrons. The number of benzene rings is 1. The minimum atomic E-state index is -0.977. The third kappa shape index (κ3) is 3.75. The summed E-state index contributed by atoms with van der Waals surface area (Å²) in [5.74, 6) is -1.09. The fourth-order valence-corrected chi connectivity index (χ4v) is 5.46. The first-order valence-electron chi connectivity index (χ1n) is 11.0. The number of thiophene rings is 1. The predicted octanol–water partition coefficient (Wildman–Crippen LogP) is 2.80. The second-order valence-corrected chi connectivity index (χ2v) is 9.74. The van der Waals surface area contributed by atoms with Gasteiger partial charge in [-0.2, -0.15) is 5.01 Å². The topological polar surface area (TPSA) is 113 Å². The Kier molecular flexibility index (Phi) is 5.43. The first-order chi connectivity index (χ1) is 16.3. The molecule has 4 amide bonds. The van der Waals surface area contributed by atoms with Gasteiger partial charge in [0.2, 0.25) is 0 Å². The summed E-state index contributed by atoms with van der Waals surface area (Å²) in [6, 6.07) is 5.07. The number of rotatable bonds is 4. The smallest absolute Gasteiger partial charge is 0.322 e. The lowest BCUT2D eigenvalue weighted by molar-refractivity contribution is -0.140. The maximum absolute atomic E-state index is 13.3. The molecule has 5 rings (SSSR count). The highest BCUT2D eigenvalue weighted by molar-refractivity contribution is 7.17. The van der Waals surface area contributed by atoms with Crippen molar-refractivity contribution in [1.82, 2.24) is 25.3 Å². The molecule has 1 aliphatic carbocycles. The van der Waals surface area contributed by atoms with Crippen LogP contribution in [0.5, 0.6) is 0 Å². The number of imide groups is 1. The van der Waals surface area contributed by atoms with Gasteiger partial charge >= 0.3 is 6.03 Å². The molecule has 2 aromatic heterocycles. The molecular formula is C23H22FN5O4S. The molecule has 1 aliphatic heterocycles. The van der Waals surface area contributed by atoms with E-state index in [2.05, 4.69) is 22.7 Å². The minimum absolute atomic E-state index is 0.317. The second kappa shape index (κ2) is 8.32. The van der Waals surface area contributed by atoms with E-state index in [0.717, 1.165) is 17.4 Å². The van der Waals surface area contributed by atoms with Gasteiger partial charge in [-0.3, -0.25) is 24.4 Å². The zero-order valence-electron chi connectivity index (χ0n) is 18.3. The molecule has 34 heavy (non-hydrogen) atoms. The van der Waals surface area contributed by atoms with Gasteiger partial charge in [0.15, 0.2) is 0 Å². The van der Waals surface area contributed by atoms with Crippen LogP contribution in [0.2, 0.25) is 0 Å². The molecule has 0 atom stereocenters. The molecule has 2 fully saturated rings. The van der Waals surface area contributed by atoms with E-state index in [9.17, 15) is 23.6 Å². The first kappa shape index (κ1) is 22.2. The van der Waals surface area contributed by atoms with Crippen LogP contribution in [-0.4, -0.2) is 37.9 Å². The summed E-state index contributed by atoms with van der Waals surface area (Å²) in [5.41, 5.74) is 2.16. The second-order valence-electron chi connectivity index (χ2n) is 8.88. The molecule has 3 aromatic rings. The van der Waals surface area contributed by atoms with E-state index in [1.54, 1.807) is 17.5 Å². The van der Waals surface area contributed by atoms with Gasteiger partial charge in [0.25, 0.3) is 17.4 Å². The van der Waals surface area contributed by atoms with E-state index in [4.69, 9.17) is 0 Å². The van der Waals surface area contributed by atoms with Crippen LogP contribution >= 0.6 is 11.3 Å². The molecule has 1 saturated carbocycles. The molecule has 3 heterocycles. The van der Waals surface area contributed by atoms with Crippen molar-refractivity contribution in [3.8, 4) is 11.1 Å². The van der Waals surface area contributed by atoms with Crippen molar-refractivity contribution in [2.45, 2.75) is 44.7 Å². The molecule has 1 aromatic carbocycles. The van der Waals surface area contributed by atoms with Crippen molar-refractivity contribution < 1.29 is 18.8 Å². The SMILES string of the molecule is CC1CCC2(CC1)NC(=O)N(NC(=O)Cn1cnc3scc(-c4ccc(F)cc4)c3c1=O)C2=O. The van der Waals surface area contributed by atoms with E-state index in [1.807, 2.05) is 0 Å². The van der Waals surface area contributed by atoms with Gasteiger partial charge < -0.3 is 5.32 Å². The Hall–Kier alpha value is -3.60. The zero-order valence-corrected chi connectivity index (χ0v) is 19.2. The predicted molar refractivity (Wildman–Crippen MR) is 123 cm³/mol. The number of carbonyl (C=O) groups is 3. The maximum atomic E-state index is 13.3. The Balaban J connectivity index is 1.36. The van der Waals surface area contributed by atoms with Gasteiger partial charge in [-0.05, 0) is 49.3 Å². The Morgan fingerprint density at radius 3 is 2.65 bits per heavy atom. The summed E-state index contributed by atoms with van der Waals surface area (Å²) < 4.78 is 14.4. The average molecular weight is 484 g/mol. The van der Waals surface area contributed by atoms with Crippen molar-refractivity contribution >= 4 is 39.4 Å². The molecule has 9 nitrogen and oxygen atoms in total. The normalized spacial score (nSPS) is 22.4. The number of nitrogens with zero attached hydrogens (tertiary/aromatic N) is 3. The number of urea groups is 1. The highest BCUT2D eigenvalue weighted by Crippen LogP contribution is 2.36. The lowest BCUT2D eigenvalue weighted by Gasteiger charge is -2.33. The van der Waals surface area contributed by atoms with E-state index >= 15 is 0 Å². The number of nitrogens with one attached hydrogen (secondary N) is 2. The van der Waals surface area contributed by atoms with Crippen LogP contribution in [0.15, 0.2) is 40.8 Å². The largest absolute Gasteiger partial charge is 0.344 e. The van der Waals surface area contributed by atoms with Crippen LogP contribution in [0.3, 0.4) is 0 Å². The number of hydrogen-bond donors (Lipinski definition) is 2. The number of halogens is 1. The van der Waals surface area contributed by atoms with Gasteiger partial charge in [-0.15, -0.1) is 11.3 Å². The fourth-order valence-electron chi connectivity index (χ4n) is 4.55. The Morgan fingerprint density at radius 1 is 1.24 bits per heavy atom. The molecular weight excluding hydrogens is 461 g/mol. The summed E-state index contributed by atoms with van der Waals surface area (Å²) in [7, 11) is 0. The van der Waals surface area contributed by atoms with Crippen molar-refractivity contribution in [1.29, 1.82) is 0 Å². The fraction of sp³-hybridized carbons (Fsp3) is 0.348. The molecule has 2 N–H and O–H groups in total. The van der Waals surface area contributed by atoms with Gasteiger partial charge in [0.05, 0.1) is 11.7 Å². The third-order valence-corrected chi connectivity index (χ3v) is 7.44. The molecule has 0 bridgehead atoms. The third-order valence-electron chi connectivity index (χ3n) is 6.56. The summed E-state index contributed by atoms with van der Waals surface area (Å²) >= 11 is 1.27. The maximum Gasteiger partial charge on any atom is 0.344 e. The number of hydrazine groups is 1. The van der Waals surface area contributed by atoms with Crippen molar-refractivity contribution in [3.63, 3.8) is 0 Å². The van der Waals surface area contributed by atoms with Gasteiger partial charge in [0.1, 0.15) is 22.7 Å². The molecule has 1 saturated heterocycles. The summed E-state index contributed by atoms with van der Waals surface area (Å²) in [6.07, 6.45) is 3.92. The highest BCUT2D eigenvalue weighted by Gasteiger charge is 2.52. The van der Waals surface area contributed by atoms with Crippen molar-refractivity contribution in [3.05, 3.63) is 52.1 Å². The summed E-state index contributed by atoms with van der Waals surface area (Å²) in [4.78, 5) is 56.0.